The van der Waals surface area contributed by atoms with Crippen molar-refractivity contribution in [2.24, 2.45) is 17.3 Å². The predicted molar refractivity (Wildman–Crippen MR) is 106 cm³/mol. The number of methoxy groups -OCH3 is 1. The minimum absolute atomic E-state index is 0.140. The number of quaternary nitrogens is 1. The number of benzene rings is 1. The van der Waals surface area contributed by atoms with Gasteiger partial charge in [0.15, 0.2) is 5.41 Å². The van der Waals surface area contributed by atoms with Gasteiger partial charge in [-0.15, -0.1) is 0 Å². The van der Waals surface area contributed by atoms with Crippen LogP contribution in [-0.4, -0.2) is 37.9 Å². The van der Waals surface area contributed by atoms with Crippen LogP contribution in [0.15, 0.2) is 35.9 Å². The third-order valence-electron chi connectivity index (χ3n) is 7.22. The van der Waals surface area contributed by atoms with Gasteiger partial charge in [-0.25, -0.2) is 4.79 Å². The second-order valence-corrected chi connectivity index (χ2v) is 8.33. The molecule has 150 valence electrons. The molecule has 2 fully saturated rings. The highest BCUT2D eigenvalue weighted by Crippen LogP contribution is 2.55. The molecular weight excluding hydrogens is 378 g/mol. The molecule has 1 aromatic carbocycles. The van der Waals surface area contributed by atoms with Crippen LogP contribution in [0.4, 0.5) is 0 Å². The van der Waals surface area contributed by atoms with Crippen LogP contribution in [0.2, 0.25) is 0 Å². The summed E-state index contributed by atoms with van der Waals surface area (Å²) in [5, 5.41) is 38.8. The Bertz CT molecular complexity index is 1050. The van der Waals surface area contributed by atoms with E-state index in [1.807, 2.05) is 0 Å². The van der Waals surface area contributed by atoms with Gasteiger partial charge in [0, 0.05) is 24.7 Å². The highest BCUT2D eigenvalue weighted by Gasteiger charge is 2.62. The number of carbonyl (C=O) groups excluding carboxylic acids is 1. The van der Waals surface area contributed by atoms with Gasteiger partial charge >= 0.3 is 5.97 Å². The molecule has 1 saturated heterocycles. The molecule has 3 aliphatic rings. The summed E-state index contributed by atoms with van der Waals surface area (Å²) in [5.41, 5.74) is 0.109. The van der Waals surface area contributed by atoms with Crippen LogP contribution in [0.5, 0.6) is 0 Å². The normalized spacial score (nSPS) is 33.3. The number of carbonyl (C=O) groups is 1. The maximum absolute atomic E-state index is 11.8. The van der Waals surface area contributed by atoms with Crippen molar-refractivity contribution in [2.75, 3.05) is 14.2 Å². The summed E-state index contributed by atoms with van der Waals surface area (Å²) < 4.78 is 4.76. The number of rotatable bonds is 2. The molecule has 6 atom stereocenters. The van der Waals surface area contributed by atoms with Gasteiger partial charge in [-0.2, -0.15) is 15.8 Å². The Morgan fingerprint density at radius 1 is 1.20 bits per heavy atom. The SMILES string of the molecule is COC(=O)c1ccc([C@H]2[C@@H]3C(=C[C@@H]4CC[C@H]3[NH+]4C)C(C#N)C(=N)C2(C#N)C#N)cc1. The minimum atomic E-state index is -1.73. The van der Waals surface area contributed by atoms with Crippen LogP contribution in [0.3, 0.4) is 0 Å². The standard InChI is InChI=1S/C23H21N5O2/c1-28-15-7-8-18(28)19-16(9-15)17(10-24)21(27)23(11-25,12-26)20(19)13-3-5-14(6-4-13)22(29)30-2/h3-6,9,15,17-20,27H,7-8H2,1-2H3/p+1/t15-,17?,18+,19+,20-/m0/s1. The summed E-state index contributed by atoms with van der Waals surface area (Å²) in [4.78, 5) is 13.2. The summed E-state index contributed by atoms with van der Waals surface area (Å²) in [6.45, 7) is 0. The van der Waals surface area contributed by atoms with Crippen LogP contribution in [0.25, 0.3) is 0 Å². The van der Waals surface area contributed by atoms with Crippen molar-refractivity contribution < 1.29 is 14.4 Å². The molecule has 2 aliphatic heterocycles. The Labute approximate surface area is 175 Å². The Hall–Kier alpha value is -3.47. The average Bonchev–Trinajstić information content (AvgIpc) is 3.01. The highest BCUT2D eigenvalue weighted by molar-refractivity contribution is 6.01. The smallest absolute Gasteiger partial charge is 0.337 e. The molecule has 7 heteroatoms. The molecule has 2 heterocycles. The van der Waals surface area contributed by atoms with Gasteiger partial charge in [0.25, 0.3) is 0 Å². The predicted octanol–water partition coefficient (Wildman–Crippen LogP) is 1.37. The van der Waals surface area contributed by atoms with E-state index in [-0.39, 0.29) is 17.7 Å². The number of esters is 1. The van der Waals surface area contributed by atoms with Crippen LogP contribution >= 0.6 is 0 Å². The third kappa shape index (κ3) is 2.51. The zero-order valence-corrected chi connectivity index (χ0v) is 16.8. The molecule has 7 nitrogen and oxygen atoms in total. The van der Waals surface area contributed by atoms with E-state index in [9.17, 15) is 20.6 Å². The summed E-state index contributed by atoms with van der Waals surface area (Å²) in [5.74, 6) is -2.08. The monoisotopic (exact) mass is 400 g/mol. The molecule has 0 radical (unpaired) electrons. The Morgan fingerprint density at radius 2 is 1.87 bits per heavy atom. The quantitative estimate of drug-likeness (QED) is 0.573. The zero-order valence-electron chi connectivity index (χ0n) is 16.8. The molecule has 1 aromatic rings. The third-order valence-corrected chi connectivity index (χ3v) is 7.22. The van der Waals surface area contributed by atoms with Crippen molar-refractivity contribution in [1.29, 1.82) is 21.2 Å². The molecule has 2 bridgehead atoms. The first-order valence-corrected chi connectivity index (χ1v) is 9.97. The molecule has 2 unspecified atom stereocenters. The van der Waals surface area contributed by atoms with E-state index >= 15 is 0 Å². The minimum Gasteiger partial charge on any atom is -0.465 e. The lowest BCUT2D eigenvalue weighted by molar-refractivity contribution is -0.916. The molecule has 2 N–H and O–H groups in total. The summed E-state index contributed by atoms with van der Waals surface area (Å²) >= 11 is 0. The Morgan fingerprint density at radius 3 is 2.43 bits per heavy atom. The van der Waals surface area contributed by atoms with Gasteiger partial charge < -0.3 is 15.0 Å². The van der Waals surface area contributed by atoms with E-state index in [0.29, 0.717) is 11.6 Å². The van der Waals surface area contributed by atoms with Gasteiger partial charge in [-0.05, 0) is 29.3 Å². The Balaban J connectivity index is 1.92. The lowest BCUT2D eigenvalue weighted by atomic mass is 9.53. The molecule has 4 rings (SSSR count). The largest absolute Gasteiger partial charge is 0.465 e. The number of hydrogen-bond acceptors (Lipinski definition) is 6. The van der Waals surface area contributed by atoms with Gasteiger partial charge in [0.1, 0.15) is 12.0 Å². The zero-order chi connectivity index (χ0) is 21.6. The number of hydrogen-bond donors (Lipinski definition) is 2. The maximum atomic E-state index is 11.8. The van der Waals surface area contributed by atoms with Crippen LogP contribution in [-0.2, 0) is 4.74 Å². The fourth-order valence-corrected chi connectivity index (χ4v) is 5.71. The summed E-state index contributed by atoms with van der Waals surface area (Å²) in [6, 6.07) is 13.6. The van der Waals surface area contributed by atoms with E-state index < -0.39 is 23.2 Å². The number of likely N-dealkylation sites (N-methyl/N-ethyl adjacent to an activating group) is 1. The Kier molecular flexibility index (Phi) is 4.69. The maximum Gasteiger partial charge on any atom is 0.337 e. The molecule has 0 spiro atoms. The molecule has 30 heavy (non-hydrogen) atoms. The number of fused-ring (bicyclic) bond motifs is 4. The van der Waals surface area contributed by atoms with Crippen molar-refractivity contribution in [2.45, 2.75) is 30.8 Å². The van der Waals surface area contributed by atoms with Crippen LogP contribution in [0.1, 0.15) is 34.7 Å². The topological polar surface area (TPSA) is 126 Å². The molecule has 0 amide bonds. The first-order chi connectivity index (χ1) is 14.4. The molecule has 1 aliphatic carbocycles. The first-order valence-electron chi connectivity index (χ1n) is 9.97. The van der Waals surface area contributed by atoms with Crippen molar-refractivity contribution in [3.05, 3.63) is 47.0 Å². The van der Waals surface area contributed by atoms with E-state index in [2.05, 4.69) is 31.3 Å². The van der Waals surface area contributed by atoms with Gasteiger partial charge in [-0.3, -0.25) is 0 Å². The number of nitrogens with zero attached hydrogens (tertiary/aromatic N) is 3. The van der Waals surface area contributed by atoms with Crippen LogP contribution < -0.4 is 4.90 Å². The van der Waals surface area contributed by atoms with Gasteiger partial charge in [0.05, 0.1) is 49.7 Å². The lowest BCUT2D eigenvalue weighted by Gasteiger charge is -2.48. The van der Waals surface area contributed by atoms with E-state index in [0.717, 1.165) is 24.0 Å². The van der Waals surface area contributed by atoms with Crippen molar-refractivity contribution in [3.8, 4) is 18.2 Å². The van der Waals surface area contributed by atoms with Crippen molar-refractivity contribution >= 4 is 11.7 Å². The molecule has 0 aromatic heterocycles. The second kappa shape index (κ2) is 7.10. The summed E-state index contributed by atoms with van der Waals surface area (Å²) in [7, 11) is 3.43. The average molecular weight is 400 g/mol. The summed E-state index contributed by atoms with van der Waals surface area (Å²) in [6.07, 6.45) is 4.04. The number of nitriles is 3. The van der Waals surface area contributed by atoms with E-state index in [1.54, 1.807) is 24.3 Å². The second-order valence-electron chi connectivity index (χ2n) is 8.33. The highest BCUT2D eigenvalue weighted by atomic mass is 16.5. The fourth-order valence-electron chi connectivity index (χ4n) is 5.71. The van der Waals surface area contributed by atoms with Crippen molar-refractivity contribution in [1.82, 2.24) is 0 Å². The fraction of sp³-hybridized carbons (Fsp3) is 0.435. The van der Waals surface area contributed by atoms with E-state index in [1.165, 1.54) is 12.0 Å². The number of nitrogens with one attached hydrogen (secondary N) is 2. The molecule has 1 saturated carbocycles. The first kappa shape index (κ1) is 19.8. The van der Waals surface area contributed by atoms with Crippen molar-refractivity contribution in [3.63, 3.8) is 0 Å². The van der Waals surface area contributed by atoms with E-state index in [4.69, 9.17) is 10.1 Å². The van der Waals surface area contributed by atoms with Crippen LogP contribution in [0, 0.1) is 56.7 Å². The lowest BCUT2D eigenvalue weighted by Crippen LogP contribution is -3.15. The number of ether oxygens (including phenoxy) is 1. The molecular formula is C23H22N5O2+. The van der Waals surface area contributed by atoms with Gasteiger partial charge in [-0.1, -0.05) is 12.1 Å². The van der Waals surface area contributed by atoms with Gasteiger partial charge in [0.2, 0.25) is 0 Å².